The van der Waals surface area contributed by atoms with Crippen LogP contribution in [0.2, 0.25) is 0 Å². The van der Waals surface area contributed by atoms with E-state index in [4.69, 9.17) is 0 Å². The molecule has 0 saturated heterocycles. The molecule has 5 heteroatoms. The number of ether oxygens (including phenoxy) is 1. The zero-order chi connectivity index (χ0) is 15.2. The third-order valence-corrected chi connectivity index (χ3v) is 3.14. The van der Waals surface area contributed by atoms with Crippen LogP contribution in [0.5, 0.6) is 5.75 Å². The second-order valence-electron chi connectivity index (χ2n) is 4.64. The lowest BCUT2D eigenvalue weighted by molar-refractivity contribution is -0.0505. The predicted molar refractivity (Wildman–Crippen MR) is 74.7 cm³/mol. The lowest BCUT2D eigenvalue weighted by atomic mass is 10.1. The fraction of sp³-hybridized carbons (Fsp3) is 0.250. The first-order valence-electron chi connectivity index (χ1n) is 6.58. The van der Waals surface area contributed by atoms with Gasteiger partial charge in [-0.1, -0.05) is 30.3 Å². The Morgan fingerprint density at radius 3 is 2.57 bits per heavy atom. The van der Waals surface area contributed by atoms with Gasteiger partial charge in [-0.25, -0.2) is 4.39 Å². The highest BCUT2D eigenvalue weighted by Crippen LogP contribution is 2.21. The molecule has 2 nitrogen and oxygen atoms in total. The van der Waals surface area contributed by atoms with Gasteiger partial charge in [0.05, 0.1) is 0 Å². The summed E-state index contributed by atoms with van der Waals surface area (Å²) < 4.78 is 42.3. The highest BCUT2D eigenvalue weighted by Gasteiger charge is 2.11. The molecule has 0 aliphatic carbocycles. The van der Waals surface area contributed by atoms with E-state index >= 15 is 0 Å². The van der Waals surface area contributed by atoms with Gasteiger partial charge in [-0.2, -0.15) is 8.78 Å². The first kappa shape index (κ1) is 15.4. The average molecular weight is 295 g/mol. The van der Waals surface area contributed by atoms with Crippen LogP contribution >= 0.6 is 0 Å². The van der Waals surface area contributed by atoms with E-state index in [-0.39, 0.29) is 17.6 Å². The Hall–Kier alpha value is -2.01. The van der Waals surface area contributed by atoms with Crippen molar-refractivity contribution in [3.63, 3.8) is 0 Å². The molecule has 0 amide bonds. The predicted octanol–water partition coefficient (Wildman–Crippen LogP) is 4.28. The summed E-state index contributed by atoms with van der Waals surface area (Å²) in [6.07, 6.45) is 0. The van der Waals surface area contributed by atoms with Crippen LogP contribution in [-0.4, -0.2) is 6.61 Å². The molecule has 21 heavy (non-hydrogen) atoms. The molecule has 0 aromatic heterocycles. The molecule has 0 fully saturated rings. The summed E-state index contributed by atoms with van der Waals surface area (Å²) in [6.45, 7) is -0.627. The molecule has 2 aromatic carbocycles. The maximum absolute atomic E-state index is 13.2. The molecule has 0 radical (unpaired) electrons. The Morgan fingerprint density at radius 1 is 1.10 bits per heavy atom. The lowest BCUT2D eigenvalue weighted by Crippen LogP contribution is -2.19. The van der Waals surface area contributed by atoms with Gasteiger partial charge < -0.3 is 10.1 Å². The monoisotopic (exact) mass is 295 g/mol. The van der Waals surface area contributed by atoms with E-state index in [0.717, 1.165) is 5.56 Å². The number of alkyl halides is 2. The minimum Gasteiger partial charge on any atom is -0.434 e. The molecule has 2 rings (SSSR count). The van der Waals surface area contributed by atoms with Gasteiger partial charge in [-0.15, -0.1) is 0 Å². The Morgan fingerprint density at radius 2 is 1.86 bits per heavy atom. The summed E-state index contributed by atoms with van der Waals surface area (Å²) in [7, 11) is 0. The molecule has 1 unspecified atom stereocenters. The van der Waals surface area contributed by atoms with Gasteiger partial charge in [-0.05, 0) is 30.7 Å². The summed E-state index contributed by atoms with van der Waals surface area (Å²) >= 11 is 0. The zero-order valence-corrected chi connectivity index (χ0v) is 11.5. The van der Waals surface area contributed by atoms with E-state index in [1.165, 1.54) is 18.2 Å². The number of nitrogens with one attached hydrogen (secondary N) is 1. The van der Waals surface area contributed by atoms with E-state index < -0.39 is 6.61 Å². The Labute approximate surface area is 121 Å². The van der Waals surface area contributed by atoms with Crippen LogP contribution in [0, 0.1) is 5.82 Å². The van der Waals surface area contributed by atoms with Gasteiger partial charge in [0.1, 0.15) is 11.6 Å². The van der Waals surface area contributed by atoms with E-state index in [0.29, 0.717) is 12.1 Å². The molecule has 0 heterocycles. The topological polar surface area (TPSA) is 21.3 Å². The zero-order valence-electron chi connectivity index (χ0n) is 11.5. The van der Waals surface area contributed by atoms with Crippen LogP contribution in [0.4, 0.5) is 13.2 Å². The Bertz CT molecular complexity index is 589. The van der Waals surface area contributed by atoms with E-state index in [2.05, 4.69) is 10.1 Å². The first-order chi connectivity index (χ1) is 10.1. The van der Waals surface area contributed by atoms with Crippen LogP contribution in [0.25, 0.3) is 0 Å². The molecular formula is C16H16F3NO. The normalized spacial score (nSPS) is 12.4. The van der Waals surface area contributed by atoms with Crippen molar-refractivity contribution in [1.29, 1.82) is 0 Å². The summed E-state index contributed by atoms with van der Waals surface area (Å²) in [5.41, 5.74) is 1.42. The van der Waals surface area contributed by atoms with Crippen LogP contribution in [0.15, 0.2) is 48.5 Å². The van der Waals surface area contributed by atoms with Crippen LogP contribution < -0.4 is 10.1 Å². The standard InChI is InChI=1S/C16H16F3NO/c1-11(12-6-4-7-14(17)9-12)20-10-13-5-2-3-8-15(13)21-16(18)19/h2-9,11,16,20H,10H2,1H3. The number of hydrogen-bond acceptors (Lipinski definition) is 2. The molecule has 0 aliphatic heterocycles. The maximum Gasteiger partial charge on any atom is 0.387 e. The second kappa shape index (κ2) is 7.13. The number of halogens is 3. The Kier molecular flexibility index (Phi) is 5.22. The minimum atomic E-state index is -2.85. The summed E-state index contributed by atoms with van der Waals surface area (Å²) in [5.74, 6) is -0.158. The summed E-state index contributed by atoms with van der Waals surface area (Å²) in [4.78, 5) is 0. The molecule has 1 atom stereocenters. The third-order valence-electron chi connectivity index (χ3n) is 3.14. The van der Waals surface area contributed by atoms with Gasteiger partial charge in [0, 0.05) is 18.2 Å². The number of benzene rings is 2. The highest BCUT2D eigenvalue weighted by atomic mass is 19.3. The van der Waals surface area contributed by atoms with Gasteiger partial charge in [-0.3, -0.25) is 0 Å². The van der Waals surface area contributed by atoms with Crippen molar-refractivity contribution < 1.29 is 17.9 Å². The van der Waals surface area contributed by atoms with Crippen molar-refractivity contribution in [1.82, 2.24) is 5.32 Å². The first-order valence-corrected chi connectivity index (χ1v) is 6.58. The van der Waals surface area contributed by atoms with E-state index in [1.807, 2.05) is 13.0 Å². The van der Waals surface area contributed by atoms with Crippen molar-refractivity contribution in [3.05, 3.63) is 65.5 Å². The molecule has 0 spiro atoms. The van der Waals surface area contributed by atoms with Gasteiger partial charge in [0.15, 0.2) is 0 Å². The molecule has 112 valence electrons. The fourth-order valence-electron chi connectivity index (χ4n) is 2.02. The van der Waals surface area contributed by atoms with Crippen molar-refractivity contribution in [2.45, 2.75) is 26.1 Å². The molecule has 2 aromatic rings. The highest BCUT2D eigenvalue weighted by molar-refractivity contribution is 5.33. The molecule has 0 aliphatic rings. The SMILES string of the molecule is CC(NCc1ccccc1OC(F)F)c1cccc(F)c1. The van der Waals surface area contributed by atoms with Gasteiger partial charge >= 0.3 is 6.61 Å². The maximum atomic E-state index is 13.2. The molecule has 1 N–H and O–H groups in total. The fourth-order valence-corrected chi connectivity index (χ4v) is 2.02. The second-order valence-corrected chi connectivity index (χ2v) is 4.64. The van der Waals surface area contributed by atoms with Crippen molar-refractivity contribution >= 4 is 0 Å². The smallest absolute Gasteiger partial charge is 0.387 e. The number of hydrogen-bond donors (Lipinski definition) is 1. The molecule has 0 saturated carbocycles. The average Bonchev–Trinajstić information content (AvgIpc) is 2.45. The van der Waals surface area contributed by atoms with Crippen LogP contribution in [-0.2, 0) is 6.54 Å². The number of rotatable bonds is 6. The largest absolute Gasteiger partial charge is 0.434 e. The Balaban J connectivity index is 2.02. The molecule has 0 bridgehead atoms. The van der Waals surface area contributed by atoms with Crippen LogP contribution in [0.1, 0.15) is 24.1 Å². The van der Waals surface area contributed by atoms with Crippen molar-refractivity contribution in [2.75, 3.05) is 0 Å². The van der Waals surface area contributed by atoms with Gasteiger partial charge in [0.2, 0.25) is 0 Å². The van der Waals surface area contributed by atoms with E-state index in [9.17, 15) is 13.2 Å². The third kappa shape index (κ3) is 4.49. The lowest BCUT2D eigenvalue weighted by Gasteiger charge is -2.16. The van der Waals surface area contributed by atoms with E-state index in [1.54, 1.807) is 24.3 Å². The van der Waals surface area contributed by atoms with Crippen molar-refractivity contribution in [3.8, 4) is 5.75 Å². The molecular weight excluding hydrogens is 279 g/mol. The van der Waals surface area contributed by atoms with Crippen molar-refractivity contribution in [2.24, 2.45) is 0 Å². The number of para-hydroxylation sites is 1. The summed E-state index contributed by atoms with van der Waals surface area (Å²) in [6, 6.07) is 12.7. The van der Waals surface area contributed by atoms with Crippen LogP contribution in [0.3, 0.4) is 0 Å². The summed E-state index contributed by atoms with van der Waals surface area (Å²) in [5, 5.41) is 3.16. The quantitative estimate of drug-likeness (QED) is 0.859. The van der Waals surface area contributed by atoms with Gasteiger partial charge in [0.25, 0.3) is 0 Å². The minimum absolute atomic E-state index is 0.111.